The zero-order chi connectivity index (χ0) is 15.4. The van der Waals surface area contributed by atoms with Crippen LogP contribution in [0.2, 0.25) is 0 Å². The first-order chi connectivity index (χ1) is 9.95. The van der Waals surface area contributed by atoms with Gasteiger partial charge in [0.2, 0.25) is 0 Å². The van der Waals surface area contributed by atoms with Gasteiger partial charge in [-0.1, -0.05) is 36.9 Å². The SMILES string of the molecule is C=C(C)C(=O)OCc1ccc2cc(CC(=O)O)ccc2c1. The van der Waals surface area contributed by atoms with Gasteiger partial charge in [0.15, 0.2) is 0 Å². The van der Waals surface area contributed by atoms with Crippen LogP contribution < -0.4 is 0 Å². The lowest BCUT2D eigenvalue weighted by Gasteiger charge is -2.07. The summed E-state index contributed by atoms with van der Waals surface area (Å²) >= 11 is 0. The summed E-state index contributed by atoms with van der Waals surface area (Å²) in [6, 6.07) is 11.2. The highest BCUT2D eigenvalue weighted by Gasteiger charge is 2.05. The third-order valence-electron chi connectivity index (χ3n) is 3.04. The van der Waals surface area contributed by atoms with Gasteiger partial charge in [-0.3, -0.25) is 4.79 Å². The van der Waals surface area contributed by atoms with Gasteiger partial charge in [0.1, 0.15) is 6.61 Å². The van der Waals surface area contributed by atoms with Crippen molar-refractivity contribution in [3.63, 3.8) is 0 Å². The molecule has 2 rings (SSSR count). The molecular weight excluding hydrogens is 268 g/mol. The second kappa shape index (κ2) is 6.22. The maximum absolute atomic E-state index is 11.3. The molecule has 0 fully saturated rings. The number of fused-ring (bicyclic) bond motifs is 1. The Balaban J connectivity index is 2.17. The van der Waals surface area contributed by atoms with Crippen LogP contribution in [0.3, 0.4) is 0 Å². The number of esters is 1. The lowest BCUT2D eigenvalue weighted by atomic mass is 10.0. The van der Waals surface area contributed by atoms with E-state index in [0.717, 1.165) is 21.9 Å². The number of carbonyl (C=O) groups is 2. The summed E-state index contributed by atoms with van der Waals surface area (Å²) in [6.07, 6.45) is 0.00785. The lowest BCUT2D eigenvalue weighted by Crippen LogP contribution is -2.04. The normalized spacial score (nSPS) is 10.3. The van der Waals surface area contributed by atoms with Gasteiger partial charge in [-0.25, -0.2) is 4.79 Å². The van der Waals surface area contributed by atoms with E-state index in [2.05, 4.69) is 6.58 Å². The van der Waals surface area contributed by atoms with Crippen LogP contribution in [-0.2, 0) is 27.4 Å². The van der Waals surface area contributed by atoms with Crippen molar-refractivity contribution in [2.75, 3.05) is 0 Å². The molecule has 0 aliphatic carbocycles. The smallest absolute Gasteiger partial charge is 0.333 e. The van der Waals surface area contributed by atoms with Gasteiger partial charge < -0.3 is 9.84 Å². The minimum absolute atomic E-state index is 0.00785. The Morgan fingerprint density at radius 2 is 1.67 bits per heavy atom. The zero-order valence-corrected chi connectivity index (χ0v) is 11.8. The second-order valence-electron chi connectivity index (χ2n) is 4.94. The molecule has 21 heavy (non-hydrogen) atoms. The van der Waals surface area contributed by atoms with Crippen molar-refractivity contribution in [1.82, 2.24) is 0 Å². The van der Waals surface area contributed by atoms with Crippen molar-refractivity contribution in [3.05, 3.63) is 59.7 Å². The van der Waals surface area contributed by atoms with E-state index < -0.39 is 11.9 Å². The quantitative estimate of drug-likeness (QED) is 0.677. The number of benzene rings is 2. The largest absolute Gasteiger partial charge is 0.481 e. The summed E-state index contributed by atoms with van der Waals surface area (Å²) in [5.74, 6) is -1.26. The van der Waals surface area contributed by atoms with Crippen LogP contribution in [0.15, 0.2) is 48.6 Å². The second-order valence-corrected chi connectivity index (χ2v) is 4.94. The van der Waals surface area contributed by atoms with Crippen LogP contribution in [0.1, 0.15) is 18.1 Å². The Morgan fingerprint density at radius 1 is 1.10 bits per heavy atom. The number of hydrogen-bond donors (Lipinski definition) is 1. The van der Waals surface area contributed by atoms with Crippen LogP contribution in [-0.4, -0.2) is 17.0 Å². The number of carboxylic acid groups (broad SMARTS) is 1. The topological polar surface area (TPSA) is 63.6 Å². The van der Waals surface area contributed by atoms with Crippen molar-refractivity contribution in [1.29, 1.82) is 0 Å². The molecule has 4 heteroatoms. The number of aliphatic carboxylic acids is 1. The van der Waals surface area contributed by atoms with E-state index in [0.29, 0.717) is 5.57 Å². The summed E-state index contributed by atoms with van der Waals surface area (Å²) in [5, 5.41) is 10.7. The monoisotopic (exact) mass is 284 g/mol. The third kappa shape index (κ3) is 3.92. The molecule has 0 spiro atoms. The summed E-state index contributed by atoms with van der Waals surface area (Å²) in [5.41, 5.74) is 2.01. The average Bonchev–Trinajstić information content (AvgIpc) is 2.43. The molecule has 0 saturated carbocycles. The van der Waals surface area contributed by atoms with E-state index in [-0.39, 0.29) is 13.0 Å². The number of carboxylic acids is 1. The van der Waals surface area contributed by atoms with Crippen molar-refractivity contribution >= 4 is 22.7 Å². The molecular formula is C17H16O4. The first-order valence-electron chi connectivity index (χ1n) is 6.51. The Labute approximate surface area is 122 Å². The minimum Gasteiger partial charge on any atom is -0.481 e. The highest BCUT2D eigenvalue weighted by atomic mass is 16.5. The highest BCUT2D eigenvalue weighted by molar-refractivity contribution is 5.87. The van der Waals surface area contributed by atoms with Crippen LogP contribution >= 0.6 is 0 Å². The Morgan fingerprint density at radius 3 is 2.24 bits per heavy atom. The molecule has 1 N–H and O–H groups in total. The van der Waals surface area contributed by atoms with E-state index in [1.807, 2.05) is 30.3 Å². The van der Waals surface area contributed by atoms with E-state index in [4.69, 9.17) is 9.84 Å². The fourth-order valence-electron chi connectivity index (χ4n) is 1.99. The predicted octanol–water partition coefficient (Wildman–Crippen LogP) is 3.09. The number of rotatable bonds is 5. The first kappa shape index (κ1) is 14.8. The highest BCUT2D eigenvalue weighted by Crippen LogP contribution is 2.19. The molecule has 2 aromatic carbocycles. The Bertz CT molecular complexity index is 716. The molecule has 0 heterocycles. The summed E-state index contributed by atoms with van der Waals surface area (Å²) in [6.45, 7) is 5.32. The van der Waals surface area contributed by atoms with Crippen LogP contribution in [0, 0.1) is 0 Å². The molecule has 0 amide bonds. The molecule has 0 aliphatic heterocycles. The van der Waals surface area contributed by atoms with E-state index >= 15 is 0 Å². The van der Waals surface area contributed by atoms with Crippen molar-refractivity contribution in [3.8, 4) is 0 Å². The number of ether oxygens (including phenoxy) is 1. The fourth-order valence-corrected chi connectivity index (χ4v) is 1.99. The molecule has 108 valence electrons. The minimum atomic E-state index is -0.849. The Hall–Kier alpha value is -2.62. The van der Waals surface area contributed by atoms with E-state index in [1.165, 1.54) is 0 Å². The fraction of sp³-hybridized carbons (Fsp3) is 0.176. The van der Waals surface area contributed by atoms with Gasteiger partial charge in [0, 0.05) is 5.57 Å². The summed E-state index contributed by atoms with van der Waals surface area (Å²) in [7, 11) is 0. The van der Waals surface area contributed by atoms with Crippen LogP contribution in [0.25, 0.3) is 10.8 Å². The standard InChI is InChI=1S/C17H16O4/c1-11(2)17(20)21-10-13-4-6-14-7-12(9-16(18)19)3-5-15(14)8-13/h3-8H,1,9-10H2,2H3,(H,18,19). The predicted molar refractivity (Wildman–Crippen MR) is 79.9 cm³/mol. The van der Waals surface area contributed by atoms with Gasteiger partial charge >= 0.3 is 11.9 Å². The third-order valence-corrected chi connectivity index (χ3v) is 3.04. The van der Waals surface area contributed by atoms with Crippen molar-refractivity contribution in [2.24, 2.45) is 0 Å². The van der Waals surface area contributed by atoms with Gasteiger partial charge in [0.05, 0.1) is 6.42 Å². The Kier molecular flexibility index (Phi) is 4.38. The zero-order valence-electron chi connectivity index (χ0n) is 11.8. The molecule has 4 nitrogen and oxygen atoms in total. The molecule has 2 aromatic rings. The van der Waals surface area contributed by atoms with Crippen LogP contribution in [0.4, 0.5) is 0 Å². The van der Waals surface area contributed by atoms with Gasteiger partial charge in [0.25, 0.3) is 0 Å². The van der Waals surface area contributed by atoms with Gasteiger partial charge in [-0.2, -0.15) is 0 Å². The van der Waals surface area contributed by atoms with E-state index in [9.17, 15) is 9.59 Å². The molecule has 0 saturated heterocycles. The summed E-state index contributed by atoms with van der Waals surface area (Å²) < 4.78 is 5.10. The first-order valence-corrected chi connectivity index (χ1v) is 6.51. The number of hydrogen-bond acceptors (Lipinski definition) is 3. The average molecular weight is 284 g/mol. The van der Waals surface area contributed by atoms with Crippen LogP contribution in [0.5, 0.6) is 0 Å². The molecule has 0 bridgehead atoms. The molecule has 0 aliphatic rings. The maximum atomic E-state index is 11.3. The van der Waals surface area contributed by atoms with Crippen molar-refractivity contribution in [2.45, 2.75) is 20.0 Å². The van der Waals surface area contributed by atoms with Gasteiger partial charge in [-0.15, -0.1) is 0 Å². The summed E-state index contributed by atoms with van der Waals surface area (Å²) in [4.78, 5) is 22.1. The molecule has 0 atom stereocenters. The molecule has 0 aromatic heterocycles. The molecule has 0 radical (unpaired) electrons. The van der Waals surface area contributed by atoms with E-state index in [1.54, 1.807) is 13.0 Å². The lowest BCUT2D eigenvalue weighted by molar-refractivity contribution is -0.140. The molecule has 0 unspecified atom stereocenters. The van der Waals surface area contributed by atoms with Crippen molar-refractivity contribution < 1.29 is 19.4 Å². The maximum Gasteiger partial charge on any atom is 0.333 e. The van der Waals surface area contributed by atoms with Gasteiger partial charge in [-0.05, 0) is 34.9 Å². The number of carbonyl (C=O) groups excluding carboxylic acids is 1.